The molecule has 1 aliphatic carbocycles. The van der Waals surface area contributed by atoms with Crippen molar-refractivity contribution < 1.29 is 4.74 Å². The monoisotopic (exact) mass is 276 g/mol. The van der Waals surface area contributed by atoms with Crippen LogP contribution in [-0.2, 0) is 0 Å². The van der Waals surface area contributed by atoms with Crippen molar-refractivity contribution in [1.29, 1.82) is 0 Å². The lowest BCUT2D eigenvalue weighted by molar-refractivity contribution is 0.146. The molecule has 0 heterocycles. The first-order valence-corrected chi connectivity index (χ1v) is 7.97. The second kappa shape index (κ2) is 8.28. The van der Waals surface area contributed by atoms with Gasteiger partial charge in [-0.15, -0.1) is 0 Å². The largest absolute Gasteiger partial charge is 0.494 e. The van der Waals surface area contributed by atoms with Crippen LogP contribution >= 0.6 is 0 Å². The van der Waals surface area contributed by atoms with Crippen molar-refractivity contribution in [2.75, 3.05) is 19.7 Å². The molecule has 0 aliphatic heterocycles. The van der Waals surface area contributed by atoms with Gasteiger partial charge in [0.1, 0.15) is 5.75 Å². The summed E-state index contributed by atoms with van der Waals surface area (Å²) in [5.41, 5.74) is 5.99. The fraction of sp³-hybridized carbons (Fsp3) is 0.647. The number of hydrogen-bond donors (Lipinski definition) is 1. The van der Waals surface area contributed by atoms with E-state index >= 15 is 0 Å². The van der Waals surface area contributed by atoms with Crippen molar-refractivity contribution in [2.24, 2.45) is 5.73 Å². The molecule has 1 aliphatic rings. The maximum absolute atomic E-state index is 5.99. The molecule has 0 atom stereocenters. The first kappa shape index (κ1) is 15.3. The second-order valence-corrected chi connectivity index (χ2v) is 5.71. The van der Waals surface area contributed by atoms with Crippen molar-refractivity contribution >= 4 is 0 Å². The lowest BCUT2D eigenvalue weighted by atomic mass is 9.90. The van der Waals surface area contributed by atoms with E-state index in [1.165, 1.54) is 25.7 Å². The molecule has 1 saturated carbocycles. The van der Waals surface area contributed by atoms with Gasteiger partial charge >= 0.3 is 0 Å². The Morgan fingerprint density at radius 2 is 1.85 bits per heavy atom. The normalized spacial score (nSPS) is 22.9. The van der Waals surface area contributed by atoms with Gasteiger partial charge in [-0.1, -0.05) is 25.1 Å². The Morgan fingerprint density at radius 1 is 1.15 bits per heavy atom. The summed E-state index contributed by atoms with van der Waals surface area (Å²) in [6, 6.07) is 11.2. The van der Waals surface area contributed by atoms with E-state index in [9.17, 15) is 0 Å². The first-order valence-electron chi connectivity index (χ1n) is 7.97. The van der Waals surface area contributed by atoms with E-state index < -0.39 is 0 Å². The van der Waals surface area contributed by atoms with Gasteiger partial charge in [-0.05, 0) is 50.8 Å². The molecule has 0 radical (unpaired) electrons. The Balaban J connectivity index is 1.66. The lowest BCUT2D eigenvalue weighted by Gasteiger charge is -2.35. The summed E-state index contributed by atoms with van der Waals surface area (Å²) in [4.78, 5) is 2.60. The fourth-order valence-electron chi connectivity index (χ4n) is 3.04. The van der Waals surface area contributed by atoms with Gasteiger partial charge in [0, 0.05) is 18.6 Å². The number of rotatable bonds is 7. The molecule has 0 aromatic heterocycles. The van der Waals surface area contributed by atoms with Crippen molar-refractivity contribution in [3.63, 3.8) is 0 Å². The molecule has 0 amide bonds. The van der Waals surface area contributed by atoms with Crippen molar-refractivity contribution in [3.8, 4) is 5.75 Å². The van der Waals surface area contributed by atoms with Crippen LogP contribution in [0, 0.1) is 0 Å². The predicted molar refractivity (Wildman–Crippen MR) is 84.0 cm³/mol. The molecule has 20 heavy (non-hydrogen) atoms. The van der Waals surface area contributed by atoms with Gasteiger partial charge in [0.2, 0.25) is 0 Å². The number of nitrogens with zero attached hydrogens (tertiary/aromatic N) is 1. The minimum absolute atomic E-state index is 0.436. The summed E-state index contributed by atoms with van der Waals surface area (Å²) in [7, 11) is 0. The van der Waals surface area contributed by atoms with Gasteiger partial charge in [0.25, 0.3) is 0 Å². The van der Waals surface area contributed by atoms with Crippen LogP contribution in [-0.4, -0.2) is 36.7 Å². The van der Waals surface area contributed by atoms with Gasteiger partial charge in [-0.3, -0.25) is 0 Å². The quantitative estimate of drug-likeness (QED) is 0.778. The maximum atomic E-state index is 5.99. The standard InChI is InChI=1S/C17H28N2O/c1-2-19(16-11-9-15(18)10-12-16)13-6-14-20-17-7-4-3-5-8-17/h3-5,7-8,15-16H,2,6,9-14,18H2,1H3. The van der Waals surface area contributed by atoms with Crippen LogP contribution in [0.15, 0.2) is 30.3 Å². The van der Waals surface area contributed by atoms with E-state index in [1.807, 2.05) is 30.3 Å². The third-order valence-electron chi connectivity index (χ3n) is 4.27. The number of hydrogen-bond acceptors (Lipinski definition) is 3. The molecule has 2 rings (SSSR count). The van der Waals surface area contributed by atoms with E-state index in [-0.39, 0.29) is 0 Å². The highest BCUT2D eigenvalue weighted by Crippen LogP contribution is 2.22. The summed E-state index contributed by atoms with van der Waals surface area (Å²) in [5, 5.41) is 0. The van der Waals surface area contributed by atoms with Crippen LogP contribution < -0.4 is 10.5 Å². The van der Waals surface area contributed by atoms with Crippen molar-refractivity contribution in [3.05, 3.63) is 30.3 Å². The van der Waals surface area contributed by atoms with Crippen LogP contribution in [0.25, 0.3) is 0 Å². The smallest absolute Gasteiger partial charge is 0.119 e. The predicted octanol–water partition coefficient (Wildman–Crippen LogP) is 3.05. The Bertz CT molecular complexity index is 361. The molecule has 1 fully saturated rings. The fourth-order valence-corrected chi connectivity index (χ4v) is 3.04. The molecule has 3 heteroatoms. The molecule has 1 aromatic rings. The Kier molecular flexibility index (Phi) is 6.34. The Morgan fingerprint density at radius 3 is 2.50 bits per heavy atom. The minimum atomic E-state index is 0.436. The Labute approximate surface area is 123 Å². The van der Waals surface area contributed by atoms with Gasteiger partial charge < -0.3 is 15.4 Å². The SMILES string of the molecule is CCN(CCCOc1ccccc1)C1CCC(N)CC1. The maximum Gasteiger partial charge on any atom is 0.119 e. The molecular formula is C17H28N2O. The number of benzene rings is 1. The number of nitrogens with two attached hydrogens (primary N) is 1. The molecule has 0 bridgehead atoms. The minimum Gasteiger partial charge on any atom is -0.494 e. The Hall–Kier alpha value is -1.06. The van der Waals surface area contributed by atoms with Crippen LogP contribution in [0.2, 0.25) is 0 Å². The molecular weight excluding hydrogens is 248 g/mol. The van der Waals surface area contributed by atoms with Gasteiger partial charge in [0.05, 0.1) is 6.61 Å². The van der Waals surface area contributed by atoms with Crippen molar-refractivity contribution in [2.45, 2.75) is 51.1 Å². The molecule has 1 aromatic carbocycles. The summed E-state index contributed by atoms with van der Waals surface area (Å²) in [6.07, 6.45) is 5.97. The molecule has 112 valence electrons. The highest BCUT2D eigenvalue weighted by Gasteiger charge is 2.22. The summed E-state index contributed by atoms with van der Waals surface area (Å²) in [5.74, 6) is 0.971. The second-order valence-electron chi connectivity index (χ2n) is 5.71. The molecule has 0 spiro atoms. The van der Waals surface area contributed by atoms with Crippen LogP contribution in [0.1, 0.15) is 39.0 Å². The third kappa shape index (κ3) is 4.80. The zero-order chi connectivity index (χ0) is 14.2. The highest BCUT2D eigenvalue weighted by molar-refractivity contribution is 5.20. The van der Waals surface area contributed by atoms with Crippen LogP contribution in [0.4, 0.5) is 0 Å². The molecule has 0 saturated heterocycles. The summed E-state index contributed by atoms with van der Waals surface area (Å²) >= 11 is 0. The highest BCUT2D eigenvalue weighted by atomic mass is 16.5. The molecule has 0 unspecified atom stereocenters. The third-order valence-corrected chi connectivity index (χ3v) is 4.27. The van der Waals surface area contributed by atoms with E-state index in [0.717, 1.165) is 37.9 Å². The average Bonchev–Trinajstić information content (AvgIpc) is 2.50. The van der Waals surface area contributed by atoms with E-state index in [0.29, 0.717) is 6.04 Å². The van der Waals surface area contributed by atoms with Crippen molar-refractivity contribution in [1.82, 2.24) is 4.90 Å². The zero-order valence-electron chi connectivity index (χ0n) is 12.6. The zero-order valence-corrected chi connectivity index (χ0v) is 12.6. The van der Waals surface area contributed by atoms with Gasteiger partial charge in [0.15, 0.2) is 0 Å². The van der Waals surface area contributed by atoms with Gasteiger partial charge in [-0.25, -0.2) is 0 Å². The summed E-state index contributed by atoms with van der Waals surface area (Å²) < 4.78 is 5.76. The number of para-hydroxylation sites is 1. The van der Waals surface area contributed by atoms with Crippen LogP contribution in [0.5, 0.6) is 5.75 Å². The summed E-state index contributed by atoms with van der Waals surface area (Å²) in [6.45, 7) is 5.31. The topological polar surface area (TPSA) is 38.5 Å². The molecule has 3 nitrogen and oxygen atoms in total. The average molecular weight is 276 g/mol. The van der Waals surface area contributed by atoms with E-state index in [1.54, 1.807) is 0 Å². The lowest BCUT2D eigenvalue weighted by Crippen LogP contribution is -2.41. The molecule has 2 N–H and O–H groups in total. The van der Waals surface area contributed by atoms with E-state index in [2.05, 4.69) is 11.8 Å². The van der Waals surface area contributed by atoms with Crippen LogP contribution in [0.3, 0.4) is 0 Å². The van der Waals surface area contributed by atoms with Gasteiger partial charge in [-0.2, -0.15) is 0 Å². The van der Waals surface area contributed by atoms with E-state index in [4.69, 9.17) is 10.5 Å². The first-order chi connectivity index (χ1) is 9.79. The number of ether oxygens (including phenoxy) is 1.